The van der Waals surface area contributed by atoms with E-state index in [9.17, 15) is 4.79 Å². The van der Waals surface area contributed by atoms with Gasteiger partial charge in [-0.15, -0.1) is 0 Å². The second-order valence-electron chi connectivity index (χ2n) is 4.33. The fourth-order valence-corrected chi connectivity index (χ4v) is 1.69. The molecular formula is C14H16N4O. The van der Waals surface area contributed by atoms with E-state index in [0.717, 1.165) is 5.56 Å². The van der Waals surface area contributed by atoms with Crippen molar-refractivity contribution < 1.29 is 4.79 Å². The third kappa shape index (κ3) is 3.22. The molecule has 1 aromatic carbocycles. The highest BCUT2D eigenvalue weighted by Crippen LogP contribution is 2.15. The van der Waals surface area contributed by atoms with Crippen LogP contribution in [0.4, 0.5) is 11.5 Å². The van der Waals surface area contributed by atoms with Gasteiger partial charge in [0.25, 0.3) is 5.91 Å². The molecular weight excluding hydrogens is 240 g/mol. The van der Waals surface area contributed by atoms with Crippen LogP contribution in [0.15, 0.2) is 42.6 Å². The summed E-state index contributed by atoms with van der Waals surface area (Å²) in [5, 5.41) is 2.89. The number of carbonyl (C=O) groups is 1. The van der Waals surface area contributed by atoms with E-state index in [0.29, 0.717) is 17.1 Å². The summed E-state index contributed by atoms with van der Waals surface area (Å²) < 4.78 is 0. The smallest absolute Gasteiger partial charge is 0.253 e. The van der Waals surface area contributed by atoms with Crippen molar-refractivity contribution in [1.29, 1.82) is 0 Å². The van der Waals surface area contributed by atoms with Gasteiger partial charge >= 0.3 is 0 Å². The standard InChI is InChI=1S/C14H16N4O/c1-9(10-2-5-12(15)6-3-10)18-14(19)11-4-7-13(16)17-8-11/h2-9H,15H2,1H3,(H2,16,17)(H,18,19)/t9-/m0/s1. The van der Waals surface area contributed by atoms with Crippen molar-refractivity contribution in [3.63, 3.8) is 0 Å². The van der Waals surface area contributed by atoms with Crippen LogP contribution in [-0.2, 0) is 0 Å². The van der Waals surface area contributed by atoms with Crippen LogP contribution in [0.3, 0.4) is 0 Å². The van der Waals surface area contributed by atoms with Gasteiger partial charge in [-0.05, 0) is 36.8 Å². The van der Waals surface area contributed by atoms with E-state index in [1.54, 1.807) is 12.1 Å². The molecule has 0 saturated carbocycles. The monoisotopic (exact) mass is 256 g/mol. The lowest BCUT2D eigenvalue weighted by molar-refractivity contribution is 0.0939. The zero-order valence-corrected chi connectivity index (χ0v) is 10.6. The van der Waals surface area contributed by atoms with Gasteiger partial charge in [-0.3, -0.25) is 4.79 Å². The lowest BCUT2D eigenvalue weighted by Gasteiger charge is -2.14. The Morgan fingerprint density at radius 1 is 1.16 bits per heavy atom. The molecule has 0 radical (unpaired) electrons. The third-order valence-corrected chi connectivity index (χ3v) is 2.83. The second-order valence-corrected chi connectivity index (χ2v) is 4.33. The average molecular weight is 256 g/mol. The van der Waals surface area contributed by atoms with Crippen molar-refractivity contribution in [2.24, 2.45) is 0 Å². The van der Waals surface area contributed by atoms with Crippen LogP contribution in [0.5, 0.6) is 0 Å². The number of carbonyl (C=O) groups excluding carboxylic acids is 1. The molecule has 1 aromatic heterocycles. The maximum Gasteiger partial charge on any atom is 0.253 e. The Hall–Kier alpha value is -2.56. The molecule has 19 heavy (non-hydrogen) atoms. The Balaban J connectivity index is 2.06. The van der Waals surface area contributed by atoms with Gasteiger partial charge in [-0.1, -0.05) is 12.1 Å². The van der Waals surface area contributed by atoms with E-state index < -0.39 is 0 Å². The van der Waals surface area contributed by atoms with Crippen LogP contribution < -0.4 is 16.8 Å². The summed E-state index contributed by atoms with van der Waals surface area (Å²) in [6.07, 6.45) is 1.46. The van der Waals surface area contributed by atoms with E-state index in [1.165, 1.54) is 6.20 Å². The molecule has 0 saturated heterocycles. The first-order chi connectivity index (χ1) is 9.06. The molecule has 5 heteroatoms. The Labute approximate surface area is 111 Å². The molecule has 0 aliphatic rings. The number of anilines is 2. The highest BCUT2D eigenvalue weighted by molar-refractivity contribution is 5.94. The summed E-state index contributed by atoms with van der Waals surface area (Å²) in [5.41, 5.74) is 13.3. The van der Waals surface area contributed by atoms with Crippen molar-refractivity contribution in [3.8, 4) is 0 Å². The molecule has 0 unspecified atom stereocenters. The largest absolute Gasteiger partial charge is 0.399 e. The normalized spacial score (nSPS) is 11.8. The minimum Gasteiger partial charge on any atom is -0.399 e. The molecule has 98 valence electrons. The average Bonchev–Trinajstić information content (AvgIpc) is 2.40. The number of hydrogen-bond acceptors (Lipinski definition) is 4. The SMILES string of the molecule is C[C@H](NC(=O)c1ccc(N)nc1)c1ccc(N)cc1. The van der Waals surface area contributed by atoms with Gasteiger partial charge in [0.1, 0.15) is 5.82 Å². The number of hydrogen-bond donors (Lipinski definition) is 3. The molecule has 5 nitrogen and oxygen atoms in total. The first kappa shape index (κ1) is 12.9. The van der Waals surface area contributed by atoms with Gasteiger partial charge in [0.15, 0.2) is 0 Å². The van der Waals surface area contributed by atoms with Crippen molar-refractivity contribution >= 4 is 17.4 Å². The summed E-state index contributed by atoms with van der Waals surface area (Å²) in [7, 11) is 0. The van der Waals surface area contributed by atoms with E-state index in [4.69, 9.17) is 11.5 Å². The molecule has 1 amide bonds. The Morgan fingerprint density at radius 3 is 2.42 bits per heavy atom. The summed E-state index contributed by atoms with van der Waals surface area (Å²) in [4.78, 5) is 15.9. The summed E-state index contributed by atoms with van der Waals surface area (Å²) >= 11 is 0. The van der Waals surface area contributed by atoms with Gasteiger partial charge in [0, 0.05) is 11.9 Å². The van der Waals surface area contributed by atoms with E-state index in [-0.39, 0.29) is 11.9 Å². The van der Waals surface area contributed by atoms with Crippen LogP contribution in [-0.4, -0.2) is 10.9 Å². The zero-order valence-electron chi connectivity index (χ0n) is 10.6. The maximum atomic E-state index is 12.0. The van der Waals surface area contributed by atoms with Gasteiger partial charge in [0.2, 0.25) is 0 Å². The molecule has 0 aliphatic carbocycles. The van der Waals surface area contributed by atoms with Crippen molar-refractivity contribution in [1.82, 2.24) is 10.3 Å². The number of nitrogens with two attached hydrogens (primary N) is 2. The fourth-order valence-electron chi connectivity index (χ4n) is 1.69. The van der Waals surface area contributed by atoms with Crippen molar-refractivity contribution in [2.45, 2.75) is 13.0 Å². The quantitative estimate of drug-likeness (QED) is 0.729. The molecule has 5 N–H and O–H groups in total. The predicted molar refractivity (Wildman–Crippen MR) is 75.4 cm³/mol. The van der Waals surface area contributed by atoms with Crippen LogP contribution in [0.2, 0.25) is 0 Å². The minimum atomic E-state index is -0.183. The number of aromatic nitrogens is 1. The third-order valence-electron chi connectivity index (χ3n) is 2.83. The summed E-state index contributed by atoms with van der Waals surface area (Å²) in [5.74, 6) is 0.208. The number of rotatable bonds is 3. The molecule has 0 bridgehead atoms. The predicted octanol–water partition coefficient (Wildman–Crippen LogP) is 1.74. The Morgan fingerprint density at radius 2 is 1.84 bits per heavy atom. The fraction of sp³-hybridized carbons (Fsp3) is 0.143. The van der Waals surface area contributed by atoms with E-state index in [2.05, 4.69) is 10.3 Å². The van der Waals surface area contributed by atoms with Gasteiger partial charge in [-0.25, -0.2) is 4.98 Å². The number of nitrogens with one attached hydrogen (secondary N) is 1. The first-order valence-corrected chi connectivity index (χ1v) is 5.94. The highest BCUT2D eigenvalue weighted by Gasteiger charge is 2.11. The van der Waals surface area contributed by atoms with Crippen LogP contribution in [0.1, 0.15) is 28.9 Å². The zero-order chi connectivity index (χ0) is 13.8. The molecule has 2 aromatic rings. The molecule has 0 fully saturated rings. The summed E-state index contributed by atoms with van der Waals surface area (Å²) in [6.45, 7) is 1.91. The minimum absolute atomic E-state index is 0.106. The van der Waals surface area contributed by atoms with Crippen molar-refractivity contribution in [2.75, 3.05) is 11.5 Å². The van der Waals surface area contributed by atoms with Gasteiger partial charge in [0.05, 0.1) is 11.6 Å². The number of nitrogen functional groups attached to an aromatic ring is 2. The highest BCUT2D eigenvalue weighted by atomic mass is 16.1. The molecule has 1 atom stereocenters. The Kier molecular flexibility index (Phi) is 3.66. The number of nitrogens with zero attached hydrogens (tertiary/aromatic N) is 1. The molecule has 0 spiro atoms. The number of benzene rings is 1. The lowest BCUT2D eigenvalue weighted by Crippen LogP contribution is -2.26. The van der Waals surface area contributed by atoms with E-state index >= 15 is 0 Å². The number of amides is 1. The van der Waals surface area contributed by atoms with Crippen LogP contribution >= 0.6 is 0 Å². The van der Waals surface area contributed by atoms with Crippen LogP contribution in [0.25, 0.3) is 0 Å². The summed E-state index contributed by atoms with van der Waals surface area (Å²) in [6, 6.07) is 10.5. The van der Waals surface area contributed by atoms with Gasteiger partial charge < -0.3 is 16.8 Å². The van der Waals surface area contributed by atoms with Gasteiger partial charge in [-0.2, -0.15) is 0 Å². The van der Waals surface area contributed by atoms with Crippen molar-refractivity contribution in [3.05, 3.63) is 53.7 Å². The lowest BCUT2D eigenvalue weighted by atomic mass is 10.1. The number of pyridine rings is 1. The Bertz CT molecular complexity index is 563. The second kappa shape index (κ2) is 5.39. The first-order valence-electron chi connectivity index (χ1n) is 5.94. The topological polar surface area (TPSA) is 94.0 Å². The molecule has 2 rings (SSSR count). The molecule has 1 heterocycles. The maximum absolute atomic E-state index is 12.0. The van der Waals surface area contributed by atoms with Crippen LogP contribution in [0, 0.1) is 0 Å². The molecule has 0 aliphatic heterocycles. The van der Waals surface area contributed by atoms with E-state index in [1.807, 2.05) is 31.2 Å².